The highest BCUT2D eigenvalue weighted by Crippen LogP contribution is 2.35. The molecular formula is C41H43N7O11S4. The summed E-state index contributed by atoms with van der Waals surface area (Å²) in [6, 6.07) is 6.55. The Morgan fingerprint density at radius 2 is 1.30 bits per heavy atom. The van der Waals surface area contributed by atoms with Gasteiger partial charge < -0.3 is 25.2 Å². The number of carbonyl (C=O) groups excluding carboxylic acids is 8. The molecule has 4 aromatic rings. The molecule has 8 rings (SSSR count). The standard InChI is InChI=1S/C22H25N3O5S2.C19H18N4O6S2/c1-22(2,3)13-4-6-14(7-5-13)32(29,30)23-10-18-15-11-25(21(28)16(15)12-31-18)17-8-9-19(26)24-20(17)27;1-29-18(27)15-11(4-5-30-15)21-19(28)20-6-13-9-7-23(17(26)10(9)8-31-13)12-2-3-14(24)22-16(12)25/h4-7,12,17,23H,8-11H2,1-3H3,(H,24,26,27);4-5,8,12H,2-3,6-7H2,1H3,(H2,20,21,28)(H,22,24,25). The number of ether oxygens (including phenoxy) is 1. The topological polar surface area (TPSA) is 247 Å². The Morgan fingerprint density at radius 3 is 1.79 bits per heavy atom. The minimum absolute atomic E-state index is 0.0554. The molecule has 1 aromatic carbocycles. The van der Waals surface area contributed by atoms with Gasteiger partial charge in [0.15, 0.2) is 0 Å². The van der Waals surface area contributed by atoms with Crippen LogP contribution in [0.1, 0.15) is 103 Å². The highest BCUT2D eigenvalue weighted by Gasteiger charge is 2.42. The van der Waals surface area contributed by atoms with Gasteiger partial charge in [0.1, 0.15) is 17.0 Å². The monoisotopic (exact) mass is 937 g/mol. The lowest BCUT2D eigenvalue weighted by Crippen LogP contribution is -2.52. The van der Waals surface area contributed by atoms with E-state index in [9.17, 15) is 46.8 Å². The summed E-state index contributed by atoms with van der Waals surface area (Å²) in [7, 11) is -2.46. The zero-order valence-electron chi connectivity index (χ0n) is 34.4. The minimum Gasteiger partial charge on any atom is -0.465 e. The average molecular weight is 938 g/mol. The van der Waals surface area contributed by atoms with Gasteiger partial charge in [-0.05, 0) is 58.5 Å². The van der Waals surface area contributed by atoms with Crippen LogP contribution in [0.2, 0.25) is 0 Å². The number of thiophene rings is 3. The summed E-state index contributed by atoms with van der Waals surface area (Å²) in [5, 5.41) is 15.0. The van der Waals surface area contributed by atoms with Crippen LogP contribution in [0.25, 0.3) is 0 Å². The lowest BCUT2D eigenvalue weighted by atomic mass is 9.87. The molecule has 2 atom stereocenters. The molecule has 63 heavy (non-hydrogen) atoms. The molecule has 4 aliphatic heterocycles. The first-order chi connectivity index (χ1) is 29.9. The molecule has 22 heteroatoms. The maximum Gasteiger partial charge on any atom is 0.350 e. The summed E-state index contributed by atoms with van der Waals surface area (Å²) < 4.78 is 32.8. The number of hydrogen-bond acceptors (Lipinski definition) is 14. The van der Waals surface area contributed by atoms with Crippen molar-refractivity contribution in [1.29, 1.82) is 0 Å². The van der Waals surface area contributed by atoms with Crippen LogP contribution in [0.4, 0.5) is 10.5 Å². The maximum atomic E-state index is 12.8. The van der Waals surface area contributed by atoms with E-state index in [0.717, 1.165) is 37.8 Å². The number of nitrogens with one attached hydrogen (secondary N) is 5. The summed E-state index contributed by atoms with van der Waals surface area (Å²) in [5.74, 6) is -2.65. The van der Waals surface area contributed by atoms with Gasteiger partial charge in [0.25, 0.3) is 11.8 Å². The Labute approximate surface area is 373 Å². The number of anilines is 1. The molecule has 8 amide bonds. The van der Waals surface area contributed by atoms with Gasteiger partial charge in [0.05, 0.1) is 35.4 Å². The first-order valence-corrected chi connectivity index (χ1v) is 23.8. The molecular weight excluding hydrogens is 895 g/mol. The number of urea groups is 1. The van der Waals surface area contributed by atoms with Crippen molar-refractivity contribution < 1.29 is 51.5 Å². The lowest BCUT2D eigenvalue weighted by molar-refractivity contribution is -0.138. The number of piperidine rings is 2. The summed E-state index contributed by atoms with van der Waals surface area (Å²) in [4.78, 5) is 102. The Bertz CT molecular complexity index is 2640. The van der Waals surface area contributed by atoms with Crippen LogP contribution in [0, 0.1) is 0 Å². The molecule has 2 unspecified atom stereocenters. The van der Waals surface area contributed by atoms with Gasteiger partial charge in [0.2, 0.25) is 33.7 Å². The Balaban J connectivity index is 0.000000189. The van der Waals surface area contributed by atoms with E-state index in [1.54, 1.807) is 34.3 Å². The summed E-state index contributed by atoms with van der Waals surface area (Å²) in [6.07, 6.45) is 0.964. The van der Waals surface area contributed by atoms with Crippen LogP contribution < -0.4 is 26.0 Å². The Morgan fingerprint density at radius 1 is 0.778 bits per heavy atom. The van der Waals surface area contributed by atoms with E-state index in [0.29, 0.717) is 28.1 Å². The number of hydrogen-bond donors (Lipinski definition) is 5. The van der Waals surface area contributed by atoms with E-state index in [4.69, 9.17) is 0 Å². The quantitative estimate of drug-likeness (QED) is 0.113. The molecule has 2 fully saturated rings. The summed E-state index contributed by atoms with van der Waals surface area (Å²) in [5.41, 5.74) is 3.82. The predicted molar refractivity (Wildman–Crippen MR) is 231 cm³/mol. The Kier molecular flexibility index (Phi) is 13.0. The highest BCUT2D eigenvalue weighted by atomic mass is 32.2. The number of sulfonamides is 1. The summed E-state index contributed by atoms with van der Waals surface area (Å²) >= 11 is 3.83. The van der Waals surface area contributed by atoms with Crippen molar-refractivity contribution in [2.24, 2.45) is 0 Å². The number of fused-ring (bicyclic) bond motifs is 2. The van der Waals surface area contributed by atoms with Crippen LogP contribution >= 0.6 is 34.0 Å². The van der Waals surface area contributed by atoms with E-state index in [2.05, 4.69) is 51.5 Å². The number of imide groups is 2. The van der Waals surface area contributed by atoms with Crippen molar-refractivity contribution in [2.45, 2.75) is 95.0 Å². The molecule has 3 aromatic heterocycles. The van der Waals surface area contributed by atoms with Gasteiger partial charge in [-0.25, -0.2) is 22.7 Å². The van der Waals surface area contributed by atoms with E-state index >= 15 is 0 Å². The molecule has 332 valence electrons. The van der Waals surface area contributed by atoms with Gasteiger partial charge >= 0.3 is 12.0 Å². The van der Waals surface area contributed by atoms with Crippen molar-refractivity contribution >= 4 is 97.2 Å². The van der Waals surface area contributed by atoms with E-state index < -0.39 is 45.9 Å². The van der Waals surface area contributed by atoms with Gasteiger partial charge in [-0.3, -0.25) is 39.4 Å². The third-order valence-corrected chi connectivity index (χ3v) is 15.3. The zero-order valence-corrected chi connectivity index (χ0v) is 37.7. The molecule has 18 nitrogen and oxygen atoms in total. The average Bonchev–Trinajstić information content (AvgIpc) is 4.07. The highest BCUT2D eigenvalue weighted by molar-refractivity contribution is 7.89. The zero-order chi connectivity index (χ0) is 45.4. The number of rotatable bonds is 10. The van der Waals surface area contributed by atoms with Gasteiger partial charge in [-0.15, -0.1) is 34.0 Å². The number of esters is 1. The second-order valence-electron chi connectivity index (χ2n) is 16.0. The fraction of sp³-hybridized carbons (Fsp3) is 0.366. The molecule has 0 spiro atoms. The fourth-order valence-corrected chi connectivity index (χ4v) is 11.3. The number of methoxy groups -OCH3 is 1. The van der Waals surface area contributed by atoms with Gasteiger partial charge in [-0.1, -0.05) is 32.9 Å². The normalized spacial score (nSPS) is 18.6. The van der Waals surface area contributed by atoms with E-state index in [1.807, 2.05) is 12.1 Å². The van der Waals surface area contributed by atoms with Crippen molar-refractivity contribution in [3.8, 4) is 0 Å². The number of nitrogens with zero attached hydrogens (tertiary/aromatic N) is 2. The van der Waals surface area contributed by atoms with Crippen molar-refractivity contribution in [1.82, 2.24) is 30.5 Å². The number of carbonyl (C=O) groups is 8. The maximum absolute atomic E-state index is 12.8. The molecule has 7 heterocycles. The second-order valence-corrected chi connectivity index (χ2v) is 20.6. The molecule has 0 saturated carbocycles. The summed E-state index contributed by atoms with van der Waals surface area (Å²) in [6.45, 7) is 6.89. The predicted octanol–water partition coefficient (Wildman–Crippen LogP) is 3.96. The van der Waals surface area contributed by atoms with Crippen LogP contribution in [0.3, 0.4) is 0 Å². The van der Waals surface area contributed by atoms with Crippen LogP contribution in [0.5, 0.6) is 0 Å². The molecule has 0 bridgehead atoms. The minimum atomic E-state index is -3.72. The van der Waals surface area contributed by atoms with Gasteiger partial charge in [0, 0.05) is 53.0 Å². The molecule has 0 radical (unpaired) electrons. The van der Waals surface area contributed by atoms with Crippen LogP contribution in [-0.2, 0) is 65.5 Å². The molecule has 4 aliphatic rings. The fourth-order valence-electron chi connectivity index (χ4n) is 7.47. The van der Waals surface area contributed by atoms with Crippen LogP contribution in [0.15, 0.2) is 51.4 Å². The van der Waals surface area contributed by atoms with E-state index in [1.165, 1.54) is 39.6 Å². The van der Waals surface area contributed by atoms with Crippen molar-refractivity contribution in [3.05, 3.63) is 88.9 Å². The smallest absolute Gasteiger partial charge is 0.350 e. The van der Waals surface area contributed by atoms with Gasteiger partial charge in [-0.2, -0.15) is 0 Å². The Hall–Kier alpha value is -5.81. The number of amides is 8. The van der Waals surface area contributed by atoms with Crippen molar-refractivity contribution in [3.63, 3.8) is 0 Å². The first kappa shape index (κ1) is 45.2. The SMILES string of the molecule is CC(C)(C)c1ccc(S(=O)(=O)NCc2scc3c2CN(C2CCC(=O)NC2=O)C3=O)cc1.COC(=O)c1sccc1NC(=O)NCc1scc2c1CN(C1CCC(=O)NC1=O)C2=O. The molecule has 5 N–H and O–H groups in total. The molecule has 0 aliphatic carbocycles. The largest absolute Gasteiger partial charge is 0.465 e. The van der Waals surface area contributed by atoms with Crippen LogP contribution in [-0.4, -0.2) is 84.9 Å². The van der Waals surface area contributed by atoms with Crippen molar-refractivity contribution in [2.75, 3.05) is 12.4 Å². The third-order valence-electron chi connectivity index (χ3n) is 10.9. The lowest BCUT2D eigenvalue weighted by Gasteiger charge is -2.29. The third kappa shape index (κ3) is 9.59. The second kappa shape index (κ2) is 18.1. The molecule has 2 saturated heterocycles. The van der Waals surface area contributed by atoms with E-state index in [-0.39, 0.29) is 79.4 Å². The first-order valence-electron chi connectivity index (χ1n) is 19.6. The number of benzene rings is 1.